The molecule has 0 aliphatic carbocycles. The van der Waals surface area contributed by atoms with Gasteiger partial charge in [0.2, 0.25) is 0 Å². The van der Waals surface area contributed by atoms with Crippen molar-refractivity contribution in [1.82, 2.24) is 0 Å². The molecule has 2 aromatic carbocycles. The van der Waals surface area contributed by atoms with Crippen molar-refractivity contribution in [1.29, 1.82) is 0 Å². The van der Waals surface area contributed by atoms with Crippen molar-refractivity contribution >= 4 is 11.6 Å². The van der Waals surface area contributed by atoms with E-state index in [1.165, 1.54) is 5.56 Å². The Kier molecular flexibility index (Phi) is 3.42. The summed E-state index contributed by atoms with van der Waals surface area (Å²) in [6.07, 6.45) is 0.425. The van der Waals surface area contributed by atoms with Gasteiger partial charge >= 0.3 is 0 Å². The molecular weight excluding hydrogens is 250 g/mol. The van der Waals surface area contributed by atoms with E-state index in [1.54, 1.807) is 6.92 Å². The fraction of sp³-hybridized carbons (Fsp3) is 0.235. The third kappa shape index (κ3) is 2.39. The van der Waals surface area contributed by atoms with Gasteiger partial charge in [-0.3, -0.25) is 4.79 Å². The maximum absolute atomic E-state index is 12.3. The van der Waals surface area contributed by atoms with Crippen LogP contribution in [0.3, 0.4) is 0 Å². The maximum atomic E-state index is 12.3. The lowest BCUT2D eigenvalue weighted by Gasteiger charge is -2.33. The summed E-state index contributed by atoms with van der Waals surface area (Å²) in [6.45, 7) is 2.47. The zero-order valence-electron chi connectivity index (χ0n) is 11.5. The SMILES string of the molecule is CC1Oc2ccccc2N(CCc2ccccc2)C1=O. The number of ether oxygens (including phenoxy) is 1. The molecule has 0 bridgehead atoms. The molecular formula is C17H17NO2. The van der Waals surface area contributed by atoms with Crippen molar-refractivity contribution in [2.75, 3.05) is 11.4 Å². The van der Waals surface area contributed by atoms with Crippen LogP contribution in [0.15, 0.2) is 54.6 Å². The standard InChI is InChI=1S/C17H17NO2/c1-13-17(19)18(12-11-14-7-3-2-4-8-14)15-9-5-6-10-16(15)20-13/h2-10,13H,11-12H2,1H3. The van der Waals surface area contributed by atoms with Crippen molar-refractivity contribution in [3.8, 4) is 5.75 Å². The van der Waals surface area contributed by atoms with Crippen LogP contribution in [0.5, 0.6) is 5.75 Å². The molecule has 0 aromatic heterocycles. The van der Waals surface area contributed by atoms with Gasteiger partial charge in [0.1, 0.15) is 5.75 Å². The van der Waals surface area contributed by atoms with Crippen LogP contribution in [0.25, 0.3) is 0 Å². The minimum Gasteiger partial charge on any atom is -0.479 e. The Morgan fingerprint density at radius 1 is 1.05 bits per heavy atom. The molecule has 2 aromatic rings. The van der Waals surface area contributed by atoms with Gasteiger partial charge in [0.25, 0.3) is 5.91 Å². The highest BCUT2D eigenvalue weighted by molar-refractivity contribution is 5.99. The number of amides is 1. The van der Waals surface area contributed by atoms with Crippen molar-refractivity contribution < 1.29 is 9.53 Å². The number of rotatable bonds is 3. The van der Waals surface area contributed by atoms with Crippen LogP contribution in [0.4, 0.5) is 5.69 Å². The Morgan fingerprint density at radius 2 is 1.75 bits per heavy atom. The van der Waals surface area contributed by atoms with E-state index < -0.39 is 6.10 Å². The van der Waals surface area contributed by atoms with Gasteiger partial charge in [-0.05, 0) is 31.0 Å². The van der Waals surface area contributed by atoms with Crippen LogP contribution >= 0.6 is 0 Å². The topological polar surface area (TPSA) is 29.5 Å². The summed E-state index contributed by atoms with van der Waals surface area (Å²) in [7, 11) is 0. The molecule has 102 valence electrons. The van der Waals surface area contributed by atoms with Crippen molar-refractivity contribution in [3.05, 3.63) is 60.2 Å². The fourth-order valence-electron chi connectivity index (χ4n) is 2.48. The van der Waals surface area contributed by atoms with Gasteiger partial charge in [-0.15, -0.1) is 0 Å². The predicted molar refractivity (Wildman–Crippen MR) is 79.0 cm³/mol. The van der Waals surface area contributed by atoms with E-state index in [9.17, 15) is 4.79 Å². The minimum absolute atomic E-state index is 0.0274. The molecule has 0 spiro atoms. The summed E-state index contributed by atoms with van der Waals surface area (Å²) in [5, 5.41) is 0. The van der Waals surface area contributed by atoms with Gasteiger partial charge in [-0.1, -0.05) is 42.5 Å². The fourth-order valence-corrected chi connectivity index (χ4v) is 2.48. The second-order valence-corrected chi connectivity index (χ2v) is 4.95. The molecule has 0 saturated carbocycles. The summed E-state index contributed by atoms with van der Waals surface area (Å²) >= 11 is 0. The molecule has 1 aliphatic rings. The highest BCUT2D eigenvalue weighted by atomic mass is 16.5. The second-order valence-electron chi connectivity index (χ2n) is 4.95. The number of fused-ring (bicyclic) bond motifs is 1. The molecule has 3 heteroatoms. The van der Waals surface area contributed by atoms with Crippen LogP contribution in [0, 0.1) is 0 Å². The molecule has 1 amide bonds. The number of nitrogens with zero attached hydrogens (tertiary/aromatic N) is 1. The number of benzene rings is 2. The molecule has 20 heavy (non-hydrogen) atoms. The van der Waals surface area contributed by atoms with Gasteiger partial charge in [0.15, 0.2) is 6.10 Å². The summed E-state index contributed by atoms with van der Waals surface area (Å²) in [4.78, 5) is 14.1. The van der Waals surface area contributed by atoms with E-state index in [2.05, 4.69) is 12.1 Å². The molecule has 1 unspecified atom stereocenters. The van der Waals surface area contributed by atoms with E-state index in [0.29, 0.717) is 6.54 Å². The first kappa shape index (κ1) is 12.7. The van der Waals surface area contributed by atoms with Crippen molar-refractivity contribution in [2.24, 2.45) is 0 Å². The lowest BCUT2D eigenvalue weighted by Crippen LogP contribution is -2.45. The van der Waals surface area contributed by atoms with Gasteiger partial charge < -0.3 is 9.64 Å². The van der Waals surface area contributed by atoms with E-state index in [4.69, 9.17) is 4.74 Å². The second kappa shape index (κ2) is 5.37. The number of hydrogen-bond acceptors (Lipinski definition) is 2. The highest BCUT2D eigenvalue weighted by Crippen LogP contribution is 2.33. The number of para-hydroxylation sites is 2. The van der Waals surface area contributed by atoms with Crippen LogP contribution in [-0.4, -0.2) is 18.6 Å². The predicted octanol–water partition coefficient (Wildman–Crippen LogP) is 3.04. The molecule has 1 atom stereocenters. The lowest BCUT2D eigenvalue weighted by atomic mass is 10.1. The first-order chi connectivity index (χ1) is 9.75. The van der Waals surface area contributed by atoms with Gasteiger partial charge in [-0.2, -0.15) is 0 Å². The Bertz CT molecular complexity index is 609. The average Bonchev–Trinajstić information content (AvgIpc) is 2.49. The Labute approximate surface area is 118 Å². The normalized spacial score (nSPS) is 17.6. The van der Waals surface area contributed by atoms with E-state index in [-0.39, 0.29) is 5.91 Å². The summed E-state index contributed by atoms with van der Waals surface area (Å²) < 4.78 is 5.64. The zero-order chi connectivity index (χ0) is 13.9. The molecule has 0 fully saturated rings. The number of hydrogen-bond donors (Lipinski definition) is 0. The first-order valence-electron chi connectivity index (χ1n) is 6.87. The van der Waals surface area contributed by atoms with Crippen LogP contribution in [0.2, 0.25) is 0 Å². The van der Waals surface area contributed by atoms with Crippen molar-refractivity contribution in [3.63, 3.8) is 0 Å². The monoisotopic (exact) mass is 267 g/mol. The highest BCUT2D eigenvalue weighted by Gasteiger charge is 2.30. The van der Waals surface area contributed by atoms with Crippen LogP contribution < -0.4 is 9.64 Å². The number of carbonyl (C=O) groups is 1. The Hall–Kier alpha value is -2.29. The lowest BCUT2D eigenvalue weighted by molar-refractivity contribution is -0.125. The molecule has 0 radical (unpaired) electrons. The van der Waals surface area contributed by atoms with Crippen molar-refractivity contribution in [2.45, 2.75) is 19.4 Å². The minimum atomic E-state index is -0.416. The van der Waals surface area contributed by atoms with Gasteiger partial charge in [-0.25, -0.2) is 0 Å². The molecule has 3 rings (SSSR count). The van der Waals surface area contributed by atoms with Gasteiger partial charge in [0, 0.05) is 6.54 Å². The number of anilines is 1. The van der Waals surface area contributed by atoms with E-state index in [0.717, 1.165) is 17.9 Å². The number of carbonyl (C=O) groups excluding carboxylic acids is 1. The van der Waals surface area contributed by atoms with Crippen LogP contribution in [0.1, 0.15) is 12.5 Å². The summed E-state index contributed by atoms with van der Waals surface area (Å²) in [5.41, 5.74) is 2.10. The molecule has 0 saturated heterocycles. The van der Waals surface area contributed by atoms with E-state index >= 15 is 0 Å². The zero-order valence-corrected chi connectivity index (χ0v) is 11.5. The van der Waals surface area contributed by atoms with Gasteiger partial charge in [0.05, 0.1) is 5.69 Å². The third-order valence-corrected chi connectivity index (χ3v) is 3.54. The molecule has 1 heterocycles. The summed E-state index contributed by atoms with van der Waals surface area (Å²) in [6, 6.07) is 17.9. The summed E-state index contributed by atoms with van der Waals surface area (Å²) in [5.74, 6) is 0.812. The third-order valence-electron chi connectivity index (χ3n) is 3.54. The smallest absolute Gasteiger partial charge is 0.267 e. The first-order valence-corrected chi connectivity index (χ1v) is 6.87. The largest absolute Gasteiger partial charge is 0.479 e. The average molecular weight is 267 g/mol. The molecule has 0 N–H and O–H groups in total. The van der Waals surface area contributed by atoms with Crippen LogP contribution in [-0.2, 0) is 11.2 Å². The van der Waals surface area contributed by atoms with E-state index in [1.807, 2.05) is 47.4 Å². The molecule has 1 aliphatic heterocycles. The quantitative estimate of drug-likeness (QED) is 0.855. The Balaban J connectivity index is 1.82. The maximum Gasteiger partial charge on any atom is 0.267 e. The molecule has 3 nitrogen and oxygen atoms in total. The Morgan fingerprint density at radius 3 is 2.55 bits per heavy atom.